The van der Waals surface area contributed by atoms with Crippen LogP contribution in [0.2, 0.25) is 0 Å². The summed E-state index contributed by atoms with van der Waals surface area (Å²) in [5.74, 6) is 0.531. The minimum atomic E-state index is -0.333. The number of aryl methyl sites for hydroxylation is 1. The molecule has 0 radical (unpaired) electrons. The van der Waals surface area contributed by atoms with E-state index in [9.17, 15) is 9.59 Å². The highest BCUT2D eigenvalue weighted by molar-refractivity contribution is 5.94. The first kappa shape index (κ1) is 15.3. The maximum absolute atomic E-state index is 12.8. The van der Waals surface area contributed by atoms with E-state index in [0.717, 1.165) is 29.8 Å². The van der Waals surface area contributed by atoms with Gasteiger partial charge in [-0.25, -0.2) is 0 Å². The first-order valence-corrected chi connectivity index (χ1v) is 7.73. The molecule has 3 rings (SSSR count). The number of nitrogens with one attached hydrogen (secondary N) is 1. The molecular formula is C18H20N2O3. The van der Waals surface area contributed by atoms with Gasteiger partial charge in [0.15, 0.2) is 0 Å². The molecule has 0 spiro atoms. The highest BCUT2D eigenvalue weighted by atomic mass is 16.5. The Morgan fingerprint density at radius 1 is 1.26 bits per heavy atom. The first-order chi connectivity index (χ1) is 11.1. The molecule has 1 aromatic carbocycles. The summed E-state index contributed by atoms with van der Waals surface area (Å²) in [6.45, 7) is 2.24. The number of nitrogens with zero attached hydrogens (tertiary/aromatic N) is 1. The van der Waals surface area contributed by atoms with Gasteiger partial charge in [-0.1, -0.05) is 18.2 Å². The average Bonchev–Trinajstić information content (AvgIpc) is 3.37. The molecule has 0 bridgehead atoms. The lowest BCUT2D eigenvalue weighted by Gasteiger charge is -2.23. The van der Waals surface area contributed by atoms with Gasteiger partial charge in [-0.05, 0) is 38.0 Å². The summed E-state index contributed by atoms with van der Waals surface area (Å²) in [7, 11) is 1.62. The van der Waals surface area contributed by atoms with Crippen molar-refractivity contribution in [3.8, 4) is 5.75 Å². The van der Waals surface area contributed by atoms with Crippen LogP contribution < -0.4 is 10.3 Å². The number of rotatable bonds is 5. The number of benzene rings is 1. The van der Waals surface area contributed by atoms with Gasteiger partial charge >= 0.3 is 0 Å². The van der Waals surface area contributed by atoms with E-state index in [2.05, 4.69) is 4.98 Å². The van der Waals surface area contributed by atoms with E-state index in [1.54, 1.807) is 31.1 Å². The Bertz CT molecular complexity index is 778. The van der Waals surface area contributed by atoms with Crippen LogP contribution in [0.5, 0.6) is 5.75 Å². The number of methoxy groups -OCH3 is 1. The molecule has 1 heterocycles. The van der Waals surface area contributed by atoms with Gasteiger partial charge in [-0.3, -0.25) is 9.59 Å². The van der Waals surface area contributed by atoms with Crippen LogP contribution in [0.3, 0.4) is 0 Å². The Balaban J connectivity index is 1.90. The predicted molar refractivity (Wildman–Crippen MR) is 87.7 cm³/mol. The van der Waals surface area contributed by atoms with Gasteiger partial charge in [0.2, 0.25) is 0 Å². The minimum Gasteiger partial charge on any atom is -0.496 e. The SMILES string of the molecule is COc1ccccc1CN(C(=O)c1ccc(C)[nH]c1=O)C1CC1. The molecule has 1 aliphatic rings. The molecule has 0 atom stereocenters. The van der Waals surface area contributed by atoms with E-state index in [-0.39, 0.29) is 23.1 Å². The number of aromatic nitrogens is 1. The van der Waals surface area contributed by atoms with Gasteiger partial charge in [0.1, 0.15) is 11.3 Å². The normalized spacial score (nSPS) is 13.7. The van der Waals surface area contributed by atoms with Gasteiger partial charge in [-0.15, -0.1) is 0 Å². The molecule has 1 amide bonds. The van der Waals surface area contributed by atoms with Crippen LogP contribution in [-0.4, -0.2) is 28.9 Å². The van der Waals surface area contributed by atoms with Crippen LogP contribution in [-0.2, 0) is 6.54 Å². The third-order valence-electron chi connectivity index (χ3n) is 4.07. The number of carbonyl (C=O) groups excluding carboxylic acids is 1. The maximum atomic E-state index is 12.8. The number of hydrogen-bond acceptors (Lipinski definition) is 3. The second-order valence-electron chi connectivity index (χ2n) is 5.86. The van der Waals surface area contributed by atoms with Crippen molar-refractivity contribution in [2.75, 3.05) is 7.11 Å². The lowest BCUT2D eigenvalue weighted by atomic mass is 10.1. The number of hydrogen-bond donors (Lipinski definition) is 1. The predicted octanol–water partition coefficient (Wildman–Crippen LogP) is 2.50. The fourth-order valence-corrected chi connectivity index (χ4v) is 2.67. The molecule has 1 saturated carbocycles. The summed E-state index contributed by atoms with van der Waals surface area (Å²) in [6, 6.07) is 11.2. The van der Waals surface area contributed by atoms with Crippen molar-refractivity contribution >= 4 is 5.91 Å². The molecule has 5 heteroatoms. The van der Waals surface area contributed by atoms with Crippen molar-refractivity contribution in [1.29, 1.82) is 0 Å². The second kappa shape index (κ2) is 6.28. The molecule has 0 unspecified atom stereocenters. The van der Waals surface area contributed by atoms with Crippen molar-refractivity contribution in [2.45, 2.75) is 32.4 Å². The van der Waals surface area contributed by atoms with Crippen LogP contribution in [0.1, 0.15) is 34.5 Å². The van der Waals surface area contributed by atoms with Crippen LogP contribution in [0, 0.1) is 6.92 Å². The summed E-state index contributed by atoms with van der Waals surface area (Å²) in [5.41, 5.74) is 1.55. The van der Waals surface area contributed by atoms with Gasteiger partial charge in [0.25, 0.3) is 11.5 Å². The third kappa shape index (κ3) is 3.28. The molecule has 1 N–H and O–H groups in total. The smallest absolute Gasteiger partial charge is 0.260 e. The summed E-state index contributed by atoms with van der Waals surface area (Å²) in [6.07, 6.45) is 1.95. The Hall–Kier alpha value is -2.56. The summed E-state index contributed by atoms with van der Waals surface area (Å²) < 4.78 is 5.37. The summed E-state index contributed by atoms with van der Waals surface area (Å²) in [4.78, 5) is 29.4. The van der Waals surface area contributed by atoms with Crippen molar-refractivity contribution in [3.05, 3.63) is 63.6 Å². The molecule has 0 saturated heterocycles. The van der Waals surface area contributed by atoms with E-state index in [1.807, 2.05) is 24.3 Å². The van der Waals surface area contributed by atoms with Crippen molar-refractivity contribution in [2.24, 2.45) is 0 Å². The average molecular weight is 312 g/mol. The maximum Gasteiger partial charge on any atom is 0.260 e. The Morgan fingerprint density at radius 2 is 2.00 bits per heavy atom. The quantitative estimate of drug-likeness (QED) is 0.922. The van der Waals surface area contributed by atoms with Crippen molar-refractivity contribution in [1.82, 2.24) is 9.88 Å². The standard InChI is InChI=1S/C18H20N2O3/c1-12-7-10-15(17(21)19-12)18(22)20(14-8-9-14)11-13-5-3-4-6-16(13)23-2/h3-7,10,14H,8-9,11H2,1-2H3,(H,19,21). The van der Waals surface area contributed by atoms with Crippen LogP contribution in [0.15, 0.2) is 41.2 Å². The number of aromatic amines is 1. The zero-order valence-electron chi connectivity index (χ0n) is 13.3. The number of pyridine rings is 1. The molecule has 1 aliphatic carbocycles. The molecule has 120 valence electrons. The van der Waals surface area contributed by atoms with Gasteiger partial charge in [0, 0.05) is 23.8 Å². The first-order valence-electron chi connectivity index (χ1n) is 7.73. The largest absolute Gasteiger partial charge is 0.496 e. The van der Waals surface area contributed by atoms with Crippen molar-refractivity contribution in [3.63, 3.8) is 0 Å². The molecule has 1 aromatic heterocycles. The molecular weight excluding hydrogens is 292 g/mol. The second-order valence-corrected chi connectivity index (χ2v) is 5.86. The molecule has 23 heavy (non-hydrogen) atoms. The monoisotopic (exact) mass is 312 g/mol. The van der Waals surface area contributed by atoms with Gasteiger partial charge in [-0.2, -0.15) is 0 Å². The lowest BCUT2D eigenvalue weighted by molar-refractivity contribution is 0.0727. The van der Waals surface area contributed by atoms with E-state index in [0.29, 0.717) is 6.54 Å². The van der Waals surface area contributed by atoms with E-state index in [4.69, 9.17) is 4.74 Å². The lowest BCUT2D eigenvalue weighted by Crippen LogP contribution is -2.36. The zero-order chi connectivity index (χ0) is 16.4. The Labute approximate surface area is 134 Å². The van der Waals surface area contributed by atoms with Gasteiger partial charge in [0.05, 0.1) is 7.11 Å². The highest BCUT2D eigenvalue weighted by Gasteiger charge is 2.34. The topological polar surface area (TPSA) is 62.4 Å². The van der Waals surface area contributed by atoms with Crippen LogP contribution >= 0.6 is 0 Å². The highest BCUT2D eigenvalue weighted by Crippen LogP contribution is 2.31. The number of ether oxygens (including phenoxy) is 1. The van der Waals surface area contributed by atoms with E-state index < -0.39 is 0 Å². The minimum absolute atomic E-state index is 0.192. The Kier molecular flexibility index (Phi) is 4.19. The van der Waals surface area contributed by atoms with Gasteiger partial charge < -0.3 is 14.6 Å². The van der Waals surface area contributed by atoms with Crippen LogP contribution in [0.25, 0.3) is 0 Å². The number of H-pyrrole nitrogens is 1. The van der Waals surface area contributed by atoms with Crippen molar-refractivity contribution < 1.29 is 9.53 Å². The molecule has 5 nitrogen and oxygen atoms in total. The fourth-order valence-electron chi connectivity index (χ4n) is 2.67. The number of carbonyl (C=O) groups is 1. The number of amides is 1. The van der Waals surface area contributed by atoms with E-state index in [1.165, 1.54) is 0 Å². The zero-order valence-corrected chi connectivity index (χ0v) is 13.3. The number of para-hydroxylation sites is 1. The van der Waals surface area contributed by atoms with E-state index >= 15 is 0 Å². The summed E-state index contributed by atoms with van der Waals surface area (Å²) >= 11 is 0. The van der Waals surface area contributed by atoms with Crippen LogP contribution in [0.4, 0.5) is 0 Å². The summed E-state index contributed by atoms with van der Waals surface area (Å²) in [5, 5.41) is 0. The molecule has 0 aliphatic heterocycles. The Morgan fingerprint density at radius 3 is 2.65 bits per heavy atom. The molecule has 2 aromatic rings. The third-order valence-corrected chi connectivity index (χ3v) is 4.07. The fraction of sp³-hybridized carbons (Fsp3) is 0.333. The molecule has 1 fully saturated rings.